The van der Waals surface area contributed by atoms with Crippen LogP contribution in [0.2, 0.25) is 0 Å². The summed E-state index contributed by atoms with van der Waals surface area (Å²) < 4.78 is 15.9. The molecule has 1 aliphatic rings. The lowest BCUT2D eigenvalue weighted by atomic mass is 10.1. The first-order chi connectivity index (χ1) is 11.2. The van der Waals surface area contributed by atoms with E-state index in [2.05, 4.69) is 10.5 Å². The highest BCUT2D eigenvalue weighted by Gasteiger charge is 2.14. The molecule has 2 aromatic carbocycles. The van der Waals surface area contributed by atoms with Crippen LogP contribution >= 0.6 is 0 Å². The first-order valence-electron chi connectivity index (χ1n) is 7.13. The van der Waals surface area contributed by atoms with Crippen molar-refractivity contribution in [2.75, 3.05) is 13.4 Å². The minimum absolute atomic E-state index is 0.0953. The number of ether oxygens (including phenoxy) is 3. The highest BCUT2D eigenvalue weighted by molar-refractivity contribution is 5.99. The summed E-state index contributed by atoms with van der Waals surface area (Å²) in [6.45, 7) is 1.93. The Morgan fingerprint density at radius 3 is 2.78 bits per heavy atom. The van der Waals surface area contributed by atoms with Crippen LogP contribution in [0.1, 0.15) is 12.5 Å². The number of carbonyl (C=O) groups excluding carboxylic acids is 1. The average Bonchev–Trinajstić information content (AvgIpc) is 3.06. The number of para-hydroxylation sites is 1. The molecule has 23 heavy (non-hydrogen) atoms. The number of carbonyl (C=O) groups is 1. The van der Waals surface area contributed by atoms with Crippen LogP contribution in [0.15, 0.2) is 53.6 Å². The lowest BCUT2D eigenvalue weighted by molar-refractivity contribution is -0.123. The Morgan fingerprint density at radius 1 is 1.17 bits per heavy atom. The molecule has 1 aliphatic heterocycles. The molecule has 1 amide bonds. The number of amides is 1. The predicted octanol–water partition coefficient (Wildman–Crippen LogP) is 2.33. The second-order valence-corrected chi connectivity index (χ2v) is 4.90. The highest BCUT2D eigenvalue weighted by Crippen LogP contribution is 2.32. The van der Waals surface area contributed by atoms with Gasteiger partial charge in [-0.3, -0.25) is 4.79 Å². The third-order valence-corrected chi connectivity index (χ3v) is 3.25. The topological polar surface area (TPSA) is 69.2 Å². The van der Waals surface area contributed by atoms with Gasteiger partial charge in [0, 0.05) is 5.56 Å². The van der Waals surface area contributed by atoms with Gasteiger partial charge in [0.15, 0.2) is 18.1 Å². The average molecular weight is 312 g/mol. The molecule has 0 saturated carbocycles. The standard InChI is InChI=1S/C17H16N2O4/c1-12(13-7-8-15-16(9-13)23-11-22-15)18-19-17(20)10-21-14-5-3-2-4-6-14/h2-9H,10-11H2,1H3,(H,19,20). The summed E-state index contributed by atoms with van der Waals surface area (Å²) in [7, 11) is 0. The maximum atomic E-state index is 11.8. The van der Waals surface area contributed by atoms with Gasteiger partial charge in [0.05, 0.1) is 5.71 Å². The van der Waals surface area contributed by atoms with E-state index in [0.717, 1.165) is 5.56 Å². The van der Waals surface area contributed by atoms with Crippen molar-refractivity contribution >= 4 is 11.6 Å². The van der Waals surface area contributed by atoms with Gasteiger partial charge in [0.1, 0.15) is 5.75 Å². The van der Waals surface area contributed by atoms with E-state index in [0.29, 0.717) is 23.0 Å². The zero-order chi connectivity index (χ0) is 16.1. The summed E-state index contributed by atoms with van der Waals surface area (Å²) in [6.07, 6.45) is 0. The summed E-state index contributed by atoms with van der Waals surface area (Å²) in [6, 6.07) is 14.6. The van der Waals surface area contributed by atoms with Crippen LogP contribution in [0.4, 0.5) is 0 Å². The number of fused-ring (bicyclic) bond motifs is 1. The maximum absolute atomic E-state index is 11.8. The Morgan fingerprint density at radius 2 is 1.96 bits per heavy atom. The van der Waals surface area contributed by atoms with Gasteiger partial charge < -0.3 is 14.2 Å². The van der Waals surface area contributed by atoms with Gasteiger partial charge in [-0.15, -0.1) is 0 Å². The second kappa shape index (κ2) is 6.83. The van der Waals surface area contributed by atoms with E-state index in [1.165, 1.54) is 0 Å². The van der Waals surface area contributed by atoms with E-state index in [1.54, 1.807) is 19.1 Å². The van der Waals surface area contributed by atoms with Gasteiger partial charge in [-0.1, -0.05) is 18.2 Å². The van der Waals surface area contributed by atoms with Crippen LogP contribution < -0.4 is 19.6 Å². The second-order valence-electron chi connectivity index (χ2n) is 4.90. The molecule has 3 rings (SSSR count). The summed E-state index contributed by atoms with van der Waals surface area (Å²) in [4.78, 5) is 11.8. The van der Waals surface area contributed by atoms with Gasteiger partial charge in [0.2, 0.25) is 6.79 Å². The van der Waals surface area contributed by atoms with Crippen LogP contribution in [-0.2, 0) is 4.79 Å². The van der Waals surface area contributed by atoms with Crippen molar-refractivity contribution in [2.24, 2.45) is 5.10 Å². The van der Waals surface area contributed by atoms with Gasteiger partial charge in [0.25, 0.3) is 5.91 Å². The van der Waals surface area contributed by atoms with Gasteiger partial charge in [-0.05, 0) is 37.3 Å². The molecular weight excluding hydrogens is 296 g/mol. The normalized spacial score (nSPS) is 12.8. The Balaban J connectivity index is 1.55. The van der Waals surface area contributed by atoms with Gasteiger partial charge >= 0.3 is 0 Å². The van der Waals surface area contributed by atoms with Crippen molar-refractivity contribution in [2.45, 2.75) is 6.92 Å². The minimum atomic E-state index is -0.325. The van der Waals surface area contributed by atoms with E-state index >= 15 is 0 Å². The van der Waals surface area contributed by atoms with Crippen molar-refractivity contribution in [1.29, 1.82) is 0 Å². The van der Waals surface area contributed by atoms with E-state index < -0.39 is 0 Å². The third kappa shape index (κ3) is 3.79. The Kier molecular flexibility index (Phi) is 4.42. The fourth-order valence-corrected chi connectivity index (χ4v) is 2.03. The zero-order valence-corrected chi connectivity index (χ0v) is 12.6. The quantitative estimate of drug-likeness (QED) is 0.679. The largest absolute Gasteiger partial charge is 0.484 e. The highest BCUT2D eigenvalue weighted by atomic mass is 16.7. The molecule has 0 spiro atoms. The van der Waals surface area contributed by atoms with Crippen LogP contribution in [0.25, 0.3) is 0 Å². The molecule has 0 saturated heterocycles. The number of rotatable bonds is 5. The predicted molar refractivity (Wildman–Crippen MR) is 84.9 cm³/mol. The number of nitrogens with one attached hydrogen (secondary N) is 1. The Bertz CT molecular complexity index is 729. The van der Waals surface area contributed by atoms with Crippen molar-refractivity contribution in [3.63, 3.8) is 0 Å². The van der Waals surface area contributed by atoms with Gasteiger partial charge in [-0.2, -0.15) is 5.10 Å². The van der Waals surface area contributed by atoms with Crippen molar-refractivity contribution in [3.05, 3.63) is 54.1 Å². The van der Waals surface area contributed by atoms with E-state index in [-0.39, 0.29) is 19.3 Å². The van der Waals surface area contributed by atoms with Crippen LogP contribution in [0, 0.1) is 0 Å². The number of hydrazone groups is 1. The number of hydrogen-bond donors (Lipinski definition) is 1. The molecule has 0 radical (unpaired) electrons. The summed E-state index contributed by atoms with van der Waals surface area (Å²) >= 11 is 0. The van der Waals surface area contributed by atoms with Crippen molar-refractivity contribution in [1.82, 2.24) is 5.43 Å². The molecule has 0 aromatic heterocycles. The first-order valence-corrected chi connectivity index (χ1v) is 7.13. The van der Waals surface area contributed by atoms with E-state index in [4.69, 9.17) is 14.2 Å². The minimum Gasteiger partial charge on any atom is -0.484 e. The molecule has 118 valence electrons. The summed E-state index contributed by atoms with van der Waals surface area (Å²) in [5.74, 6) is 1.70. The van der Waals surface area contributed by atoms with E-state index in [1.807, 2.05) is 36.4 Å². The molecule has 0 aliphatic carbocycles. The smallest absolute Gasteiger partial charge is 0.277 e. The lowest BCUT2D eigenvalue weighted by Crippen LogP contribution is -2.25. The molecule has 0 bridgehead atoms. The summed E-state index contributed by atoms with van der Waals surface area (Å²) in [5.41, 5.74) is 3.98. The van der Waals surface area contributed by atoms with Crippen molar-refractivity contribution < 1.29 is 19.0 Å². The maximum Gasteiger partial charge on any atom is 0.277 e. The molecule has 0 fully saturated rings. The number of benzene rings is 2. The number of hydrogen-bond acceptors (Lipinski definition) is 5. The van der Waals surface area contributed by atoms with Crippen LogP contribution in [0.5, 0.6) is 17.2 Å². The zero-order valence-electron chi connectivity index (χ0n) is 12.6. The van der Waals surface area contributed by atoms with Gasteiger partial charge in [-0.25, -0.2) is 5.43 Å². The molecule has 0 atom stereocenters. The van der Waals surface area contributed by atoms with E-state index in [9.17, 15) is 4.79 Å². The number of nitrogens with zero attached hydrogens (tertiary/aromatic N) is 1. The van der Waals surface area contributed by atoms with Crippen molar-refractivity contribution in [3.8, 4) is 17.2 Å². The van der Waals surface area contributed by atoms with Crippen LogP contribution in [0.3, 0.4) is 0 Å². The Hall–Kier alpha value is -3.02. The third-order valence-electron chi connectivity index (χ3n) is 3.25. The molecule has 6 heteroatoms. The fraction of sp³-hybridized carbons (Fsp3) is 0.176. The Labute approximate surface area is 133 Å². The lowest BCUT2D eigenvalue weighted by Gasteiger charge is -2.06. The molecule has 6 nitrogen and oxygen atoms in total. The van der Waals surface area contributed by atoms with Crippen LogP contribution in [-0.4, -0.2) is 25.0 Å². The first kappa shape index (κ1) is 14.9. The molecule has 2 aromatic rings. The SMILES string of the molecule is CC(=NNC(=O)COc1ccccc1)c1ccc2c(c1)OCO2. The monoisotopic (exact) mass is 312 g/mol. The molecular formula is C17H16N2O4. The molecule has 1 heterocycles. The molecule has 1 N–H and O–H groups in total. The molecule has 0 unspecified atom stereocenters. The summed E-state index contributed by atoms with van der Waals surface area (Å²) in [5, 5.41) is 4.07. The fourth-order valence-electron chi connectivity index (χ4n) is 2.03.